The van der Waals surface area contributed by atoms with Crippen LogP contribution in [-0.4, -0.2) is 45.1 Å². The first kappa shape index (κ1) is 22.8. The molecule has 1 atom stereocenters. The zero-order chi connectivity index (χ0) is 23.0. The maximum Gasteiger partial charge on any atom is 0.341 e. The lowest BCUT2D eigenvalue weighted by molar-refractivity contribution is -0.122. The fourth-order valence-electron chi connectivity index (χ4n) is 3.92. The van der Waals surface area contributed by atoms with Gasteiger partial charge in [-0.25, -0.2) is 13.2 Å². The number of halogens is 1. The lowest BCUT2D eigenvalue weighted by Gasteiger charge is -2.17. The van der Waals surface area contributed by atoms with Crippen molar-refractivity contribution in [2.45, 2.75) is 25.5 Å². The van der Waals surface area contributed by atoms with Crippen LogP contribution in [0.4, 0.5) is 10.7 Å². The lowest BCUT2D eigenvalue weighted by atomic mass is 10.1. The first-order chi connectivity index (χ1) is 15.2. The van der Waals surface area contributed by atoms with Crippen LogP contribution in [-0.2, 0) is 36.3 Å². The zero-order valence-electron chi connectivity index (χ0n) is 17.2. The average molecular weight is 497 g/mol. The Morgan fingerprint density at radius 3 is 2.84 bits per heavy atom. The van der Waals surface area contributed by atoms with Gasteiger partial charge in [-0.15, -0.1) is 11.3 Å². The summed E-state index contributed by atoms with van der Waals surface area (Å²) in [7, 11) is -3.25. The molecule has 2 aromatic rings. The van der Waals surface area contributed by atoms with Crippen LogP contribution in [0, 0.1) is 5.92 Å². The maximum atomic E-state index is 13.0. The monoisotopic (exact) mass is 496 g/mol. The van der Waals surface area contributed by atoms with Crippen LogP contribution < -0.4 is 10.2 Å². The van der Waals surface area contributed by atoms with E-state index in [4.69, 9.17) is 16.3 Å². The van der Waals surface area contributed by atoms with Gasteiger partial charge in [0.1, 0.15) is 5.00 Å². The summed E-state index contributed by atoms with van der Waals surface area (Å²) in [6, 6.07) is 6.84. The van der Waals surface area contributed by atoms with Gasteiger partial charge in [0.05, 0.1) is 29.6 Å². The van der Waals surface area contributed by atoms with Gasteiger partial charge >= 0.3 is 5.97 Å². The summed E-state index contributed by atoms with van der Waals surface area (Å²) in [4.78, 5) is 40.1. The molecule has 0 aliphatic carbocycles. The van der Waals surface area contributed by atoms with Crippen LogP contribution in [0.15, 0.2) is 24.3 Å². The molecule has 32 heavy (non-hydrogen) atoms. The molecular formula is C21H21ClN2O6S2. The Bertz CT molecular complexity index is 1210. The number of hydrogen-bond donors (Lipinski definition) is 1. The minimum absolute atomic E-state index is 0.0204. The van der Waals surface area contributed by atoms with Crippen LogP contribution in [0.3, 0.4) is 0 Å². The Labute approximate surface area is 194 Å². The number of thiophene rings is 1. The van der Waals surface area contributed by atoms with Crippen LogP contribution in [0.2, 0.25) is 5.02 Å². The van der Waals surface area contributed by atoms with E-state index in [9.17, 15) is 22.8 Å². The first-order valence-electron chi connectivity index (χ1n) is 10.1. The van der Waals surface area contributed by atoms with Gasteiger partial charge in [-0.3, -0.25) is 9.59 Å². The zero-order valence-corrected chi connectivity index (χ0v) is 19.6. The van der Waals surface area contributed by atoms with Gasteiger partial charge in [-0.1, -0.05) is 17.7 Å². The Hall–Kier alpha value is -2.43. The van der Waals surface area contributed by atoms with E-state index in [2.05, 4.69) is 5.32 Å². The number of sulfone groups is 1. The Balaban J connectivity index is 1.57. The van der Waals surface area contributed by atoms with Gasteiger partial charge in [0.25, 0.3) is 0 Å². The largest absolute Gasteiger partial charge is 0.462 e. The van der Waals surface area contributed by atoms with Crippen molar-refractivity contribution in [2.75, 3.05) is 29.1 Å². The fraction of sp³-hybridized carbons (Fsp3) is 0.381. The molecule has 1 aromatic heterocycles. The highest BCUT2D eigenvalue weighted by Gasteiger charge is 2.37. The molecule has 1 unspecified atom stereocenters. The van der Waals surface area contributed by atoms with Crippen molar-refractivity contribution in [3.05, 3.63) is 45.3 Å². The highest BCUT2D eigenvalue weighted by atomic mass is 35.5. The Morgan fingerprint density at radius 2 is 2.12 bits per heavy atom. The summed E-state index contributed by atoms with van der Waals surface area (Å²) in [6.45, 7) is 2.01. The van der Waals surface area contributed by atoms with Crippen LogP contribution in [0.1, 0.15) is 34.1 Å². The van der Waals surface area contributed by atoms with E-state index in [1.165, 1.54) is 4.90 Å². The standard InChI is InChI=1S/C21H21ClN2O6S2/c1-2-30-21(27)18-15-6-7-32(28,29)11-16(15)31-20(18)23-19(26)12-8-17(25)24(10-12)14-5-3-4-13(22)9-14/h3-5,9,12H,2,6-8,10-11H2,1H3,(H,23,26). The molecule has 1 saturated heterocycles. The number of esters is 1. The van der Waals surface area contributed by atoms with Crippen LogP contribution in [0.5, 0.6) is 0 Å². The van der Waals surface area contributed by atoms with Gasteiger partial charge < -0.3 is 15.0 Å². The number of carbonyl (C=O) groups is 3. The van der Waals surface area contributed by atoms with Gasteiger partial charge in [-0.05, 0) is 37.1 Å². The number of rotatable bonds is 5. The second-order valence-corrected chi connectivity index (χ2v) is 11.4. The van der Waals surface area contributed by atoms with Gasteiger partial charge in [0.15, 0.2) is 9.84 Å². The predicted octanol–water partition coefficient (Wildman–Crippen LogP) is 3.04. The van der Waals surface area contributed by atoms with Crippen LogP contribution >= 0.6 is 22.9 Å². The smallest absolute Gasteiger partial charge is 0.341 e. The number of fused-ring (bicyclic) bond motifs is 1. The summed E-state index contributed by atoms with van der Waals surface area (Å²) >= 11 is 7.09. The van der Waals surface area contributed by atoms with Crippen molar-refractivity contribution in [1.29, 1.82) is 0 Å². The highest BCUT2D eigenvalue weighted by molar-refractivity contribution is 7.90. The van der Waals surface area contributed by atoms with Crippen molar-refractivity contribution in [3.8, 4) is 0 Å². The molecule has 1 fully saturated rings. The Morgan fingerprint density at radius 1 is 1.34 bits per heavy atom. The number of ether oxygens (including phenoxy) is 1. The molecule has 11 heteroatoms. The molecule has 0 spiro atoms. The van der Waals surface area contributed by atoms with Crippen molar-refractivity contribution >= 4 is 61.2 Å². The summed E-state index contributed by atoms with van der Waals surface area (Å²) in [5.74, 6) is -2.05. The molecule has 2 aliphatic heterocycles. The van der Waals surface area contributed by atoms with Crippen LogP contribution in [0.25, 0.3) is 0 Å². The summed E-state index contributed by atoms with van der Waals surface area (Å²) in [6.07, 6.45) is 0.217. The first-order valence-corrected chi connectivity index (χ1v) is 13.1. The number of nitrogens with one attached hydrogen (secondary N) is 1. The molecule has 170 valence electrons. The summed E-state index contributed by atoms with van der Waals surface area (Å²) < 4.78 is 29.2. The number of amides is 2. The van der Waals surface area contributed by atoms with Gasteiger partial charge in [-0.2, -0.15) is 0 Å². The van der Waals surface area contributed by atoms with Crippen molar-refractivity contribution in [1.82, 2.24) is 0 Å². The molecule has 0 bridgehead atoms. The topological polar surface area (TPSA) is 110 Å². The SMILES string of the molecule is CCOC(=O)c1c(NC(=O)C2CC(=O)N(c3cccc(Cl)c3)C2)sc2c1CCS(=O)(=O)C2. The van der Waals surface area contributed by atoms with Gasteiger partial charge in [0, 0.05) is 28.6 Å². The molecule has 0 radical (unpaired) electrons. The normalized spacial score (nSPS) is 19.5. The van der Waals surface area contributed by atoms with E-state index in [1.807, 2.05) is 0 Å². The molecule has 1 aromatic carbocycles. The predicted molar refractivity (Wildman–Crippen MR) is 122 cm³/mol. The fourth-order valence-corrected chi connectivity index (χ4v) is 7.15. The quantitative estimate of drug-likeness (QED) is 0.637. The molecule has 8 nitrogen and oxygen atoms in total. The maximum absolute atomic E-state index is 13.0. The van der Waals surface area contributed by atoms with Crippen molar-refractivity contribution in [3.63, 3.8) is 0 Å². The molecule has 3 heterocycles. The minimum Gasteiger partial charge on any atom is -0.462 e. The lowest BCUT2D eigenvalue weighted by Crippen LogP contribution is -2.28. The summed E-state index contributed by atoms with van der Waals surface area (Å²) in [5.41, 5.74) is 1.44. The van der Waals surface area contributed by atoms with Gasteiger partial charge in [0.2, 0.25) is 11.8 Å². The number of nitrogens with zero attached hydrogens (tertiary/aromatic N) is 1. The van der Waals surface area contributed by atoms with E-state index in [1.54, 1.807) is 31.2 Å². The molecular weight excluding hydrogens is 476 g/mol. The van der Waals surface area contributed by atoms with E-state index in [0.29, 0.717) is 21.2 Å². The second-order valence-electron chi connectivity index (χ2n) is 7.64. The average Bonchev–Trinajstić information content (AvgIpc) is 3.27. The molecule has 2 amide bonds. The second kappa shape index (κ2) is 8.84. The molecule has 0 saturated carbocycles. The van der Waals surface area contributed by atoms with E-state index >= 15 is 0 Å². The van der Waals surface area contributed by atoms with Crippen molar-refractivity contribution in [2.24, 2.45) is 5.92 Å². The third-order valence-electron chi connectivity index (χ3n) is 5.44. The highest BCUT2D eigenvalue weighted by Crippen LogP contribution is 2.39. The number of hydrogen-bond acceptors (Lipinski definition) is 7. The summed E-state index contributed by atoms with van der Waals surface area (Å²) in [5, 5.41) is 3.51. The third kappa shape index (κ3) is 4.53. The number of benzene rings is 1. The Kier molecular flexibility index (Phi) is 6.28. The van der Waals surface area contributed by atoms with E-state index in [-0.39, 0.29) is 54.0 Å². The number of anilines is 2. The van der Waals surface area contributed by atoms with E-state index in [0.717, 1.165) is 11.3 Å². The molecule has 4 rings (SSSR count). The third-order valence-corrected chi connectivity index (χ3v) is 8.56. The minimum atomic E-state index is -3.25. The number of carbonyl (C=O) groups excluding carboxylic acids is 3. The van der Waals surface area contributed by atoms with E-state index < -0.39 is 27.6 Å². The van der Waals surface area contributed by atoms with Crippen molar-refractivity contribution < 1.29 is 27.5 Å². The molecule has 1 N–H and O–H groups in total. The molecule has 2 aliphatic rings.